The van der Waals surface area contributed by atoms with Gasteiger partial charge in [-0.1, -0.05) is 39.0 Å². The molecule has 0 heterocycles. The van der Waals surface area contributed by atoms with E-state index in [9.17, 15) is 9.18 Å². The van der Waals surface area contributed by atoms with E-state index in [-0.39, 0.29) is 0 Å². The van der Waals surface area contributed by atoms with Crippen molar-refractivity contribution >= 4 is 17.6 Å². The molecule has 15 heavy (non-hydrogen) atoms. The van der Waals surface area contributed by atoms with Gasteiger partial charge in [0.05, 0.1) is 6.61 Å². The van der Waals surface area contributed by atoms with Crippen LogP contribution in [0.15, 0.2) is 0 Å². The van der Waals surface area contributed by atoms with Gasteiger partial charge in [-0.2, -0.15) is 0 Å². The monoisotopic (exact) mass is 238 g/mol. The van der Waals surface area contributed by atoms with Crippen molar-refractivity contribution in [2.24, 2.45) is 0 Å². The molecule has 0 aliphatic rings. The second-order valence-corrected chi connectivity index (χ2v) is 4.08. The summed E-state index contributed by atoms with van der Waals surface area (Å²) in [5.41, 5.74) is 0. The van der Waals surface area contributed by atoms with Crippen LogP contribution in [0.4, 0.5) is 4.39 Å². The normalized spacial score (nSPS) is 12.5. The van der Waals surface area contributed by atoms with Gasteiger partial charge in [0.2, 0.25) is 0 Å². The molecule has 0 bridgehead atoms. The standard InChI is InChI=1S/C11H20ClFO2/c1-2-3-4-5-6-7-8-15-11(14)10(12)9-13/h10H,2-9H2,1H3. The third-order valence-electron chi connectivity index (χ3n) is 2.13. The second-order valence-electron chi connectivity index (χ2n) is 3.56. The Labute approximate surface area is 96.1 Å². The van der Waals surface area contributed by atoms with E-state index in [1.807, 2.05) is 0 Å². The Balaban J connectivity index is 3.20. The zero-order valence-electron chi connectivity index (χ0n) is 9.31. The fourth-order valence-corrected chi connectivity index (χ4v) is 1.27. The lowest BCUT2D eigenvalue weighted by Crippen LogP contribution is -2.20. The Morgan fingerprint density at radius 2 is 1.87 bits per heavy atom. The largest absolute Gasteiger partial charge is 0.465 e. The van der Waals surface area contributed by atoms with Gasteiger partial charge in [0.15, 0.2) is 5.38 Å². The Hall–Kier alpha value is -0.310. The molecular weight excluding hydrogens is 219 g/mol. The molecule has 0 saturated carbocycles. The number of hydrogen-bond donors (Lipinski definition) is 0. The van der Waals surface area contributed by atoms with Crippen molar-refractivity contribution in [3.05, 3.63) is 0 Å². The summed E-state index contributed by atoms with van der Waals surface area (Å²) in [5.74, 6) is -0.646. The molecule has 1 unspecified atom stereocenters. The first-order valence-corrected chi connectivity index (χ1v) is 6.02. The van der Waals surface area contributed by atoms with Crippen LogP contribution in [0.3, 0.4) is 0 Å². The Morgan fingerprint density at radius 3 is 2.47 bits per heavy atom. The summed E-state index contributed by atoms with van der Waals surface area (Å²) in [6.45, 7) is 1.66. The first-order chi connectivity index (χ1) is 7.22. The Kier molecular flexibility index (Phi) is 10.0. The first kappa shape index (κ1) is 14.7. The van der Waals surface area contributed by atoms with Crippen LogP contribution >= 0.6 is 11.6 Å². The first-order valence-electron chi connectivity index (χ1n) is 5.59. The van der Waals surface area contributed by atoms with Gasteiger partial charge in [-0.25, -0.2) is 4.39 Å². The predicted octanol–water partition coefficient (Wildman–Crippen LogP) is 3.47. The van der Waals surface area contributed by atoms with Crippen molar-refractivity contribution in [2.75, 3.05) is 13.3 Å². The van der Waals surface area contributed by atoms with E-state index in [4.69, 9.17) is 16.3 Å². The summed E-state index contributed by atoms with van der Waals surface area (Å²) in [7, 11) is 0. The number of ether oxygens (including phenoxy) is 1. The highest BCUT2D eigenvalue weighted by atomic mass is 35.5. The van der Waals surface area contributed by atoms with Gasteiger partial charge in [0.1, 0.15) is 6.67 Å². The van der Waals surface area contributed by atoms with Gasteiger partial charge >= 0.3 is 5.97 Å². The van der Waals surface area contributed by atoms with Gasteiger partial charge in [0, 0.05) is 0 Å². The summed E-state index contributed by atoms with van der Waals surface area (Å²) >= 11 is 5.35. The molecule has 2 nitrogen and oxygen atoms in total. The smallest absolute Gasteiger partial charge is 0.326 e. The fourth-order valence-electron chi connectivity index (χ4n) is 1.21. The Morgan fingerprint density at radius 1 is 1.27 bits per heavy atom. The van der Waals surface area contributed by atoms with Gasteiger partial charge in [-0.05, 0) is 6.42 Å². The average molecular weight is 239 g/mol. The number of hydrogen-bond acceptors (Lipinski definition) is 2. The fraction of sp³-hybridized carbons (Fsp3) is 0.909. The molecule has 0 N–H and O–H groups in total. The number of rotatable bonds is 9. The van der Waals surface area contributed by atoms with Gasteiger partial charge in [0.25, 0.3) is 0 Å². The van der Waals surface area contributed by atoms with E-state index in [2.05, 4.69) is 6.92 Å². The number of unbranched alkanes of at least 4 members (excludes halogenated alkanes) is 5. The molecule has 0 rings (SSSR count). The van der Waals surface area contributed by atoms with Gasteiger partial charge < -0.3 is 4.74 Å². The van der Waals surface area contributed by atoms with E-state index < -0.39 is 18.0 Å². The van der Waals surface area contributed by atoms with Crippen LogP contribution < -0.4 is 0 Å². The van der Waals surface area contributed by atoms with Crippen molar-refractivity contribution in [2.45, 2.75) is 50.8 Å². The quantitative estimate of drug-likeness (QED) is 0.349. The number of esters is 1. The molecule has 0 aliphatic carbocycles. The van der Waals surface area contributed by atoms with Crippen LogP contribution in [-0.2, 0) is 9.53 Å². The molecular formula is C11H20ClFO2. The van der Waals surface area contributed by atoms with Crippen molar-refractivity contribution in [1.82, 2.24) is 0 Å². The van der Waals surface area contributed by atoms with E-state index in [0.717, 1.165) is 12.8 Å². The maximum Gasteiger partial charge on any atom is 0.326 e. The number of alkyl halides is 2. The lowest BCUT2D eigenvalue weighted by molar-refractivity contribution is -0.143. The highest BCUT2D eigenvalue weighted by Gasteiger charge is 2.15. The highest BCUT2D eigenvalue weighted by Crippen LogP contribution is 2.06. The van der Waals surface area contributed by atoms with Crippen LogP contribution in [0.5, 0.6) is 0 Å². The molecule has 0 spiro atoms. The molecule has 90 valence electrons. The molecule has 4 heteroatoms. The minimum atomic E-state index is -1.13. The van der Waals surface area contributed by atoms with Crippen LogP contribution in [0.25, 0.3) is 0 Å². The zero-order chi connectivity index (χ0) is 11.5. The van der Waals surface area contributed by atoms with Crippen molar-refractivity contribution in [1.29, 1.82) is 0 Å². The topological polar surface area (TPSA) is 26.3 Å². The SMILES string of the molecule is CCCCCCCCOC(=O)C(Cl)CF. The molecule has 0 radical (unpaired) electrons. The lowest BCUT2D eigenvalue weighted by Gasteiger charge is -2.06. The Bertz CT molecular complexity index is 165. The summed E-state index contributed by atoms with van der Waals surface area (Å²) in [4.78, 5) is 10.9. The van der Waals surface area contributed by atoms with Crippen LogP contribution in [0.1, 0.15) is 45.4 Å². The summed E-state index contributed by atoms with van der Waals surface area (Å²) in [6.07, 6.45) is 6.76. The van der Waals surface area contributed by atoms with E-state index in [1.165, 1.54) is 25.7 Å². The van der Waals surface area contributed by atoms with Crippen LogP contribution in [-0.4, -0.2) is 24.6 Å². The van der Waals surface area contributed by atoms with E-state index >= 15 is 0 Å². The predicted molar refractivity (Wildman–Crippen MR) is 60.0 cm³/mol. The van der Waals surface area contributed by atoms with E-state index in [0.29, 0.717) is 6.61 Å². The molecule has 1 atom stereocenters. The number of carbonyl (C=O) groups is 1. The average Bonchev–Trinajstić information content (AvgIpc) is 2.26. The third-order valence-corrected chi connectivity index (χ3v) is 2.43. The summed E-state index contributed by atoms with van der Waals surface area (Å²) in [5, 5.41) is -1.13. The molecule has 0 aliphatic heterocycles. The molecule has 0 aromatic heterocycles. The maximum atomic E-state index is 11.9. The summed E-state index contributed by atoms with van der Waals surface area (Å²) < 4.78 is 16.7. The van der Waals surface area contributed by atoms with Crippen molar-refractivity contribution < 1.29 is 13.9 Å². The maximum absolute atomic E-state index is 11.9. The molecule has 0 fully saturated rings. The minimum Gasteiger partial charge on any atom is -0.465 e. The van der Waals surface area contributed by atoms with Crippen molar-refractivity contribution in [3.8, 4) is 0 Å². The lowest BCUT2D eigenvalue weighted by atomic mass is 10.1. The van der Waals surface area contributed by atoms with Crippen LogP contribution in [0, 0.1) is 0 Å². The highest BCUT2D eigenvalue weighted by molar-refractivity contribution is 6.30. The van der Waals surface area contributed by atoms with Gasteiger partial charge in [-0.15, -0.1) is 11.6 Å². The van der Waals surface area contributed by atoms with Gasteiger partial charge in [-0.3, -0.25) is 4.79 Å². The number of halogens is 2. The summed E-state index contributed by atoms with van der Waals surface area (Å²) in [6, 6.07) is 0. The number of carbonyl (C=O) groups excluding carboxylic acids is 1. The minimum absolute atomic E-state index is 0.355. The van der Waals surface area contributed by atoms with Crippen molar-refractivity contribution in [3.63, 3.8) is 0 Å². The molecule has 0 aromatic rings. The zero-order valence-corrected chi connectivity index (χ0v) is 10.1. The second kappa shape index (κ2) is 10.2. The molecule has 0 amide bonds. The van der Waals surface area contributed by atoms with E-state index in [1.54, 1.807) is 0 Å². The molecule has 0 saturated heterocycles. The van der Waals surface area contributed by atoms with Crippen LogP contribution in [0.2, 0.25) is 0 Å². The third kappa shape index (κ3) is 8.67. The molecule has 0 aromatic carbocycles.